The summed E-state index contributed by atoms with van der Waals surface area (Å²) in [5, 5.41) is 10.1. The Morgan fingerprint density at radius 3 is 1.57 bits per heavy atom. The van der Waals surface area contributed by atoms with E-state index in [1.165, 1.54) is 93.2 Å². The minimum atomic E-state index is 1.17. The zero-order valence-corrected chi connectivity index (χ0v) is 26.8. The van der Waals surface area contributed by atoms with E-state index in [4.69, 9.17) is 0 Å². The molecule has 1 heteroatoms. The van der Waals surface area contributed by atoms with E-state index >= 15 is 0 Å². The Hall–Kier alpha value is -6.44. The lowest BCUT2D eigenvalue weighted by Gasteiger charge is -2.19. The van der Waals surface area contributed by atoms with E-state index in [1.54, 1.807) is 0 Å². The van der Waals surface area contributed by atoms with Crippen molar-refractivity contribution in [3.05, 3.63) is 188 Å². The molecule has 9 aromatic carbocycles. The quantitative estimate of drug-likeness (QED) is 0.172. The number of nitrogens with zero attached hydrogens (tertiary/aromatic N) is 1. The fourth-order valence-corrected chi connectivity index (χ4v) is 8.01. The van der Waals surface area contributed by atoms with Crippen molar-refractivity contribution in [2.45, 2.75) is 0 Å². The Morgan fingerprint density at radius 1 is 0.286 bits per heavy atom. The first-order valence-corrected chi connectivity index (χ1v) is 16.9. The number of benzene rings is 9. The van der Waals surface area contributed by atoms with Crippen LogP contribution in [0.1, 0.15) is 0 Å². The molecule has 1 nitrogen and oxygen atoms in total. The lowest BCUT2D eigenvalue weighted by molar-refractivity contribution is 1.18. The molecule has 0 N–H and O–H groups in total. The molecular formula is C48H31N. The van der Waals surface area contributed by atoms with Gasteiger partial charge in [0, 0.05) is 16.5 Å². The molecule has 0 bridgehead atoms. The molecular weight excluding hydrogens is 591 g/mol. The van der Waals surface area contributed by atoms with Crippen LogP contribution < -0.4 is 0 Å². The maximum atomic E-state index is 2.41. The molecule has 0 unspecified atom stereocenters. The molecule has 0 atom stereocenters. The summed E-state index contributed by atoms with van der Waals surface area (Å²) in [4.78, 5) is 0. The molecule has 0 aliphatic heterocycles. The van der Waals surface area contributed by atoms with Crippen molar-refractivity contribution in [3.8, 4) is 39.1 Å². The minimum absolute atomic E-state index is 1.17. The van der Waals surface area contributed by atoms with Crippen LogP contribution in [0.3, 0.4) is 0 Å². The zero-order valence-electron chi connectivity index (χ0n) is 26.8. The summed E-state index contributed by atoms with van der Waals surface area (Å²) in [5.74, 6) is 0. The average Bonchev–Trinajstić information content (AvgIpc) is 3.51. The Bertz CT molecular complexity index is 2800. The van der Waals surface area contributed by atoms with Gasteiger partial charge in [0.1, 0.15) is 0 Å². The molecule has 0 saturated carbocycles. The number of fused-ring (bicyclic) bond motifs is 6. The molecule has 0 fully saturated rings. The van der Waals surface area contributed by atoms with Gasteiger partial charge in [-0.3, -0.25) is 0 Å². The van der Waals surface area contributed by atoms with Gasteiger partial charge in [-0.25, -0.2) is 0 Å². The summed E-state index contributed by atoms with van der Waals surface area (Å²) in [6, 6.07) is 68.8. The van der Waals surface area contributed by atoms with Crippen molar-refractivity contribution < 1.29 is 0 Å². The maximum Gasteiger partial charge on any atom is 0.0547 e. The highest BCUT2D eigenvalue weighted by Gasteiger charge is 2.20. The van der Waals surface area contributed by atoms with Crippen molar-refractivity contribution in [3.63, 3.8) is 0 Å². The van der Waals surface area contributed by atoms with Gasteiger partial charge in [-0.05, 0) is 96.0 Å². The molecule has 0 aliphatic carbocycles. The second kappa shape index (κ2) is 11.1. The summed E-state index contributed by atoms with van der Waals surface area (Å²) >= 11 is 0. The van der Waals surface area contributed by atoms with E-state index in [0.717, 1.165) is 0 Å². The highest BCUT2D eigenvalue weighted by Crippen LogP contribution is 2.46. The molecule has 0 radical (unpaired) electrons. The van der Waals surface area contributed by atoms with Crippen LogP contribution >= 0.6 is 0 Å². The molecule has 10 aromatic rings. The van der Waals surface area contributed by atoms with E-state index in [1.807, 2.05) is 0 Å². The largest absolute Gasteiger partial charge is 0.309 e. The number of rotatable bonds is 4. The van der Waals surface area contributed by atoms with Gasteiger partial charge in [-0.1, -0.05) is 158 Å². The number of hydrogen-bond acceptors (Lipinski definition) is 0. The topological polar surface area (TPSA) is 4.93 Å². The van der Waals surface area contributed by atoms with Crippen LogP contribution in [0.5, 0.6) is 0 Å². The van der Waals surface area contributed by atoms with Crippen molar-refractivity contribution >= 4 is 54.1 Å². The monoisotopic (exact) mass is 621 g/mol. The third-order valence-electron chi connectivity index (χ3n) is 10.2. The molecule has 0 aliphatic rings. The van der Waals surface area contributed by atoms with Gasteiger partial charge in [-0.2, -0.15) is 0 Å². The van der Waals surface area contributed by atoms with Crippen molar-refractivity contribution in [1.82, 2.24) is 4.57 Å². The molecule has 1 aromatic heterocycles. The van der Waals surface area contributed by atoms with Gasteiger partial charge in [0.15, 0.2) is 0 Å². The van der Waals surface area contributed by atoms with E-state index in [2.05, 4.69) is 193 Å². The third-order valence-corrected chi connectivity index (χ3v) is 10.2. The number of aromatic nitrogens is 1. The van der Waals surface area contributed by atoms with Crippen LogP contribution in [0.25, 0.3) is 93.2 Å². The van der Waals surface area contributed by atoms with Crippen LogP contribution in [0, 0.1) is 0 Å². The Balaban J connectivity index is 1.28. The Morgan fingerprint density at radius 2 is 0.857 bits per heavy atom. The Labute approximate surface area is 284 Å². The van der Waals surface area contributed by atoms with E-state index in [0.29, 0.717) is 0 Å². The molecule has 10 rings (SSSR count). The smallest absolute Gasteiger partial charge is 0.0547 e. The Kier molecular flexibility index (Phi) is 6.25. The van der Waals surface area contributed by atoms with Crippen LogP contribution in [-0.2, 0) is 0 Å². The predicted octanol–water partition coefficient (Wildman–Crippen LogP) is 13.2. The standard InChI is InChI=1S/C48H31N/c1-3-14-32(15-4-1)34-27-26-33-16-13-24-43(44(33)30-34)48-41-22-9-7-20-39(41)47(40-21-8-10-23-42(40)48)35-28-29-38-37-19-11-12-25-45(37)49(46(38)31-35)36-17-5-2-6-18-36/h1-31H. The first-order chi connectivity index (χ1) is 24.3. The van der Waals surface area contributed by atoms with Gasteiger partial charge in [-0.15, -0.1) is 0 Å². The lowest BCUT2D eigenvalue weighted by atomic mass is 9.84. The first kappa shape index (κ1) is 27.7. The molecule has 1 heterocycles. The fraction of sp³-hybridized carbons (Fsp3) is 0. The van der Waals surface area contributed by atoms with Gasteiger partial charge < -0.3 is 4.57 Å². The van der Waals surface area contributed by atoms with Crippen molar-refractivity contribution in [1.29, 1.82) is 0 Å². The van der Waals surface area contributed by atoms with Crippen LogP contribution in [0.2, 0.25) is 0 Å². The van der Waals surface area contributed by atoms with Gasteiger partial charge in [0.2, 0.25) is 0 Å². The molecule has 0 spiro atoms. The normalized spacial score (nSPS) is 11.7. The maximum absolute atomic E-state index is 2.41. The SMILES string of the molecule is c1ccc(-c2ccc3cccc(-c4c5ccccc5c(-c5ccc6c7ccccc7n(-c7ccccc7)c6c5)c5ccccc45)c3c2)cc1. The lowest BCUT2D eigenvalue weighted by Crippen LogP contribution is -1.94. The third kappa shape index (κ3) is 4.33. The summed E-state index contributed by atoms with van der Waals surface area (Å²) in [6.45, 7) is 0. The summed E-state index contributed by atoms with van der Waals surface area (Å²) < 4.78 is 2.41. The molecule has 0 saturated heterocycles. The first-order valence-electron chi connectivity index (χ1n) is 16.9. The second-order valence-corrected chi connectivity index (χ2v) is 12.9. The minimum Gasteiger partial charge on any atom is -0.309 e. The number of hydrogen-bond donors (Lipinski definition) is 0. The summed E-state index contributed by atoms with van der Waals surface area (Å²) in [5.41, 5.74) is 11.1. The second-order valence-electron chi connectivity index (χ2n) is 12.9. The summed E-state index contributed by atoms with van der Waals surface area (Å²) in [6.07, 6.45) is 0. The molecule has 49 heavy (non-hydrogen) atoms. The van der Waals surface area contributed by atoms with E-state index in [9.17, 15) is 0 Å². The zero-order chi connectivity index (χ0) is 32.3. The van der Waals surface area contributed by atoms with Gasteiger partial charge in [0.25, 0.3) is 0 Å². The van der Waals surface area contributed by atoms with E-state index < -0.39 is 0 Å². The van der Waals surface area contributed by atoms with E-state index in [-0.39, 0.29) is 0 Å². The van der Waals surface area contributed by atoms with Crippen LogP contribution in [-0.4, -0.2) is 4.57 Å². The van der Waals surface area contributed by atoms with Crippen molar-refractivity contribution in [2.75, 3.05) is 0 Å². The van der Waals surface area contributed by atoms with Crippen molar-refractivity contribution in [2.24, 2.45) is 0 Å². The molecule has 228 valence electrons. The van der Waals surface area contributed by atoms with Crippen LogP contribution in [0.4, 0.5) is 0 Å². The highest BCUT2D eigenvalue weighted by atomic mass is 15.0. The summed E-state index contributed by atoms with van der Waals surface area (Å²) in [7, 11) is 0. The average molecular weight is 622 g/mol. The highest BCUT2D eigenvalue weighted by molar-refractivity contribution is 6.24. The fourth-order valence-electron chi connectivity index (χ4n) is 8.01. The predicted molar refractivity (Wildman–Crippen MR) is 210 cm³/mol. The number of para-hydroxylation sites is 2. The van der Waals surface area contributed by atoms with Gasteiger partial charge >= 0.3 is 0 Å². The van der Waals surface area contributed by atoms with Crippen LogP contribution in [0.15, 0.2) is 188 Å². The molecule has 0 amide bonds. The van der Waals surface area contributed by atoms with Gasteiger partial charge in [0.05, 0.1) is 11.0 Å².